The Morgan fingerprint density at radius 1 is 1.30 bits per heavy atom. The summed E-state index contributed by atoms with van der Waals surface area (Å²) in [5.74, 6) is -3.04. The first-order valence-corrected chi connectivity index (χ1v) is 7.82. The number of hydrogen-bond acceptors (Lipinski definition) is 1. The molecule has 0 aromatic heterocycles. The second kappa shape index (κ2) is 4.62. The number of Topliss-reactive ketones (excluding diaryl/α,β-unsaturated/α-hetero) is 1. The van der Waals surface area contributed by atoms with Gasteiger partial charge in [0.2, 0.25) is 5.92 Å². The minimum absolute atomic E-state index is 0.159. The van der Waals surface area contributed by atoms with Crippen LogP contribution in [0.15, 0.2) is 22.7 Å². The maximum absolute atomic E-state index is 13.4. The Hall–Kier alpha value is -0.770. The van der Waals surface area contributed by atoms with Gasteiger partial charge in [-0.3, -0.25) is 4.79 Å². The molecule has 0 aliphatic heterocycles. The number of ketones is 1. The maximum Gasteiger partial charge on any atom is 0.248 e. The highest BCUT2D eigenvalue weighted by Crippen LogP contribution is 2.51. The van der Waals surface area contributed by atoms with Crippen molar-refractivity contribution in [1.82, 2.24) is 0 Å². The molecule has 0 bridgehead atoms. The van der Waals surface area contributed by atoms with Gasteiger partial charge in [-0.05, 0) is 56.7 Å². The van der Waals surface area contributed by atoms with Gasteiger partial charge in [0, 0.05) is 21.4 Å². The lowest BCUT2D eigenvalue weighted by Crippen LogP contribution is -2.37. The molecular formula is C16H17BrF2O. The molecule has 20 heavy (non-hydrogen) atoms. The van der Waals surface area contributed by atoms with E-state index in [2.05, 4.69) is 15.9 Å². The highest BCUT2D eigenvalue weighted by molar-refractivity contribution is 9.10. The summed E-state index contributed by atoms with van der Waals surface area (Å²) in [7, 11) is 0. The lowest BCUT2D eigenvalue weighted by Gasteiger charge is -2.37. The second-order valence-electron chi connectivity index (χ2n) is 6.32. The van der Waals surface area contributed by atoms with E-state index >= 15 is 0 Å². The van der Waals surface area contributed by atoms with Crippen LogP contribution < -0.4 is 0 Å². The van der Waals surface area contributed by atoms with Crippen molar-refractivity contribution in [2.45, 2.75) is 45.0 Å². The van der Waals surface area contributed by atoms with Crippen LogP contribution in [0.3, 0.4) is 0 Å². The van der Waals surface area contributed by atoms with Crippen molar-refractivity contribution in [2.75, 3.05) is 0 Å². The Labute approximate surface area is 125 Å². The molecule has 0 radical (unpaired) electrons. The Balaban J connectivity index is 1.83. The number of carbonyl (C=O) groups excluding carboxylic acids is 1. The molecule has 0 N–H and O–H groups in total. The van der Waals surface area contributed by atoms with Crippen molar-refractivity contribution >= 4 is 21.7 Å². The van der Waals surface area contributed by atoms with Crippen molar-refractivity contribution in [1.29, 1.82) is 0 Å². The zero-order valence-corrected chi connectivity index (χ0v) is 13.0. The van der Waals surface area contributed by atoms with Gasteiger partial charge in [0.05, 0.1) is 0 Å². The van der Waals surface area contributed by atoms with Crippen LogP contribution in [0.1, 0.15) is 48.5 Å². The highest BCUT2D eigenvalue weighted by atomic mass is 79.9. The molecule has 1 spiro atoms. The van der Waals surface area contributed by atoms with E-state index < -0.39 is 17.3 Å². The van der Waals surface area contributed by atoms with Gasteiger partial charge in [-0.1, -0.05) is 22.0 Å². The molecule has 0 heterocycles. The van der Waals surface area contributed by atoms with E-state index in [1.807, 2.05) is 18.2 Å². The van der Waals surface area contributed by atoms with Gasteiger partial charge in [-0.2, -0.15) is 0 Å². The summed E-state index contributed by atoms with van der Waals surface area (Å²) in [5.41, 5.74) is 1.44. The van der Waals surface area contributed by atoms with Crippen LogP contribution in [0.4, 0.5) is 8.78 Å². The Bertz CT molecular complexity index is 554. The van der Waals surface area contributed by atoms with Crippen LogP contribution in [-0.2, 0) is 6.42 Å². The molecule has 108 valence electrons. The van der Waals surface area contributed by atoms with Crippen LogP contribution in [0.25, 0.3) is 0 Å². The van der Waals surface area contributed by atoms with Crippen molar-refractivity contribution in [2.24, 2.45) is 11.3 Å². The van der Waals surface area contributed by atoms with Crippen LogP contribution in [0.5, 0.6) is 0 Å². The molecule has 1 saturated carbocycles. The van der Waals surface area contributed by atoms with Crippen LogP contribution in [0.2, 0.25) is 0 Å². The van der Waals surface area contributed by atoms with Gasteiger partial charge in [0.15, 0.2) is 5.78 Å². The van der Waals surface area contributed by atoms with E-state index in [9.17, 15) is 13.6 Å². The lowest BCUT2D eigenvalue weighted by molar-refractivity contribution is -0.0637. The molecule has 1 fully saturated rings. The number of alkyl halides is 2. The number of hydrogen-bond donors (Lipinski definition) is 0. The van der Waals surface area contributed by atoms with Crippen molar-refractivity contribution in [3.8, 4) is 0 Å². The summed E-state index contributed by atoms with van der Waals surface area (Å²) in [6, 6.07) is 5.79. The largest absolute Gasteiger partial charge is 0.294 e. The van der Waals surface area contributed by atoms with Crippen LogP contribution in [0, 0.1) is 11.3 Å². The monoisotopic (exact) mass is 342 g/mol. The Morgan fingerprint density at radius 3 is 2.55 bits per heavy atom. The predicted octanol–water partition coefficient (Wildman–Crippen LogP) is 5.02. The summed E-state index contributed by atoms with van der Waals surface area (Å²) < 4.78 is 27.7. The molecule has 0 amide bonds. The summed E-state index contributed by atoms with van der Waals surface area (Å²) >= 11 is 3.39. The summed E-state index contributed by atoms with van der Waals surface area (Å²) in [5, 5.41) is 0. The van der Waals surface area contributed by atoms with Crippen molar-refractivity contribution in [3.05, 3.63) is 33.8 Å². The third kappa shape index (κ3) is 2.22. The average Bonchev–Trinajstić information content (AvgIpc) is 2.63. The second-order valence-corrected chi connectivity index (χ2v) is 7.23. The molecule has 0 unspecified atom stereocenters. The molecule has 3 rings (SSSR count). The quantitative estimate of drug-likeness (QED) is 0.700. The fraction of sp³-hybridized carbons (Fsp3) is 0.562. The van der Waals surface area contributed by atoms with Crippen LogP contribution in [-0.4, -0.2) is 11.7 Å². The minimum Gasteiger partial charge on any atom is -0.294 e. The number of halogens is 3. The van der Waals surface area contributed by atoms with E-state index in [-0.39, 0.29) is 5.78 Å². The zero-order valence-electron chi connectivity index (χ0n) is 11.4. The predicted molar refractivity (Wildman–Crippen MR) is 77.2 cm³/mol. The van der Waals surface area contributed by atoms with E-state index in [1.165, 1.54) is 0 Å². The number of rotatable bonds is 1. The van der Waals surface area contributed by atoms with Gasteiger partial charge < -0.3 is 0 Å². The van der Waals surface area contributed by atoms with Crippen molar-refractivity contribution < 1.29 is 13.6 Å². The van der Waals surface area contributed by atoms with Gasteiger partial charge in [-0.15, -0.1) is 0 Å². The zero-order chi connectivity index (χ0) is 14.5. The molecule has 2 aliphatic rings. The molecule has 0 atom stereocenters. The molecule has 0 saturated heterocycles. The fourth-order valence-corrected chi connectivity index (χ4v) is 4.09. The van der Waals surface area contributed by atoms with E-state index in [0.29, 0.717) is 25.7 Å². The fourth-order valence-electron chi connectivity index (χ4n) is 3.73. The molecule has 2 aliphatic carbocycles. The molecule has 4 heteroatoms. The number of fused-ring (bicyclic) bond motifs is 1. The molecular weight excluding hydrogens is 326 g/mol. The van der Waals surface area contributed by atoms with Crippen molar-refractivity contribution in [3.63, 3.8) is 0 Å². The molecule has 1 aromatic carbocycles. The first kappa shape index (κ1) is 14.2. The third-order valence-corrected chi connectivity index (χ3v) is 5.48. The van der Waals surface area contributed by atoms with E-state index in [0.717, 1.165) is 28.9 Å². The molecule has 1 aromatic rings. The van der Waals surface area contributed by atoms with Gasteiger partial charge in [-0.25, -0.2) is 8.78 Å². The summed E-state index contributed by atoms with van der Waals surface area (Å²) in [6.07, 6.45) is 2.80. The highest BCUT2D eigenvalue weighted by Gasteiger charge is 2.50. The Kier molecular flexibility index (Phi) is 3.27. The topological polar surface area (TPSA) is 17.1 Å². The maximum atomic E-state index is 13.4. The number of carbonyl (C=O) groups is 1. The van der Waals surface area contributed by atoms with E-state index in [1.54, 1.807) is 0 Å². The SMILES string of the molecule is CC(F)(F)C1CCC2(CC1)Cc1ccc(Br)cc1C2=O. The summed E-state index contributed by atoms with van der Waals surface area (Å²) in [6.45, 7) is 0.998. The standard InChI is InChI=1S/C16H17BrF2O/c1-15(18,19)11-4-6-16(7-5-11)9-10-2-3-12(17)8-13(10)14(16)20/h2-3,8,11H,4-7,9H2,1H3. The summed E-state index contributed by atoms with van der Waals surface area (Å²) in [4.78, 5) is 12.7. The Morgan fingerprint density at radius 2 is 1.95 bits per heavy atom. The molecule has 1 nitrogen and oxygen atoms in total. The average molecular weight is 343 g/mol. The van der Waals surface area contributed by atoms with Gasteiger partial charge in [0.1, 0.15) is 0 Å². The normalized spacial score (nSPS) is 29.8. The first-order valence-electron chi connectivity index (χ1n) is 7.03. The van der Waals surface area contributed by atoms with Crippen LogP contribution >= 0.6 is 15.9 Å². The van der Waals surface area contributed by atoms with Gasteiger partial charge in [0.25, 0.3) is 0 Å². The first-order chi connectivity index (χ1) is 9.32. The smallest absolute Gasteiger partial charge is 0.248 e. The van der Waals surface area contributed by atoms with Gasteiger partial charge >= 0.3 is 0 Å². The number of benzene rings is 1. The third-order valence-electron chi connectivity index (χ3n) is 4.99. The van der Waals surface area contributed by atoms with E-state index in [4.69, 9.17) is 0 Å². The lowest BCUT2D eigenvalue weighted by atomic mass is 9.67. The minimum atomic E-state index is -2.63.